The van der Waals surface area contributed by atoms with E-state index in [9.17, 15) is 34.5 Å². The normalized spacial score (nSPS) is 40.6. The van der Waals surface area contributed by atoms with E-state index in [0.29, 0.717) is 68.1 Å². The predicted octanol–water partition coefficient (Wildman–Crippen LogP) is 7.18. The highest BCUT2D eigenvalue weighted by Crippen LogP contribution is 2.38. The standard InChI is InChI=1S/C54H85NO13/c1-33-17-13-12-14-18-34(2)46(63-9)31-42-22-20-39(7)54(62,68-42)51(59)52(60)55-24-16-15-19-43(55)53(61)67-47(37(5)29-41-21-23-45(66-26-25-56)48(30-41)64-10)32-44(57)36(4)28-38(6)49(58)50(65-11)40(8)35(3)27-33/h12-14,17-18,28,33,35-37,39,41-43,45-50,56,58,62H,8,15-16,19-27,29-32H2,1-7,9-11H3/b14-12+,17-13+,34-18+,38-28+/t33-,35-,36-,37-,39-,41+,42+,43+,45-,46+,47+,48-,49-,50+,54-/m1/s1/i9D3,26D2. The van der Waals surface area contributed by atoms with Gasteiger partial charge in [0.1, 0.15) is 30.1 Å². The molecule has 3 heterocycles. The lowest BCUT2D eigenvalue weighted by Crippen LogP contribution is -2.61. The molecule has 2 bridgehead atoms. The van der Waals surface area contributed by atoms with Gasteiger partial charge in [0, 0.05) is 52.5 Å². The number of carbonyl (C=O) groups is 4. The Morgan fingerprint density at radius 1 is 0.941 bits per heavy atom. The fourth-order valence-electron chi connectivity index (χ4n) is 10.4. The van der Waals surface area contributed by atoms with Crippen LogP contribution < -0.4 is 0 Å². The third kappa shape index (κ3) is 15.3. The van der Waals surface area contributed by atoms with Crippen LogP contribution in [0, 0.1) is 35.5 Å². The second-order valence-electron chi connectivity index (χ2n) is 20.0. The lowest BCUT2D eigenvalue weighted by molar-refractivity contribution is -0.265. The van der Waals surface area contributed by atoms with Crippen LogP contribution in [0.25, 0.3) is 0 Å². The van der Waals surface area contributed by atoms with E-state index in [-0.39, 0.29) is 55.8 Å². The number of hydrogen-bond acceptors (Lipinski definition) is 13. The number of piperidine rings is 1. The molecule has 14 nitrogen and oxygen atoms in total. The van der Waals surface area contributed by atoms with Crippen molar-refractivity contribution in [3.05, 3.63) is 59.8 Å². The number of cyclic esters (lactones) is 1. The number of aliphatic hydroxyl groups is 3. The van der Waals surface area contributed by atoms with E-state index in [4.69, 9.17) is 35.3 Å². The molecule has 14 heteroatoms. The summed E-state index contributed by atoms with van der Waals surface area (Å²) in [4.78, 5) is 58.7. The van der Waals surface area contributed by atoms with Crippen LogP contribution in [0.3, 0.4) is 0 Å². The number of methoxy groups -OCH3 is 3. The average Bonchev–Trinajstić information content (AvgIpc) is 3.33. The number of hydrogen-bond donors (Lipinski definition) is 3. The van der Waals surface area contributed by atoms with Crippen LogP contribution >= 0.6 is 0 Å². The molecule has 15 atom stereocenters. The Hall–Kier alpha value is -3.34. The zero-order chi connectivity index (χ0) is 54.6. The van der Waals surface area contributed by atoms with Gasteiger partial charge in [-0.25, -0.2) is 4.79 Å². The quantitative estimate of drug-likeness (QED) is 0.120. The Balaban J connectivity index is 1.73. The van der Waals surface area contributed by atoms with E-state index in [2.05, 4.69) is 6.58 Å². The Kier molecular flexibility index (Phi) is 19.9. The zero-order valence-corrected chi connectivity index (χ0v) is 42.0. The van der Waals surface area contributed by atoms with Crippen LogP contribution in [-0.4, -0.2) is 139 Å². The maximum Gasteiger partial charge on any atom is 0.329 e. The van der Waals surface area contributed by atoms with E-state index in [1.807, 2.05) is 32.9 Å². The van der Waals surface area contributed by atoms with Crippen molar-refractivity contribution in [1.82, 2.24) is 4.90 Å². The van der Waals surface area contributed by atoms with Gasteiger partial charge in [-0.15, -0.1) is 0 Å². The van der Waals surface area contributed by atoms with Crippen molar-refractivity contribution in [3.8, 4) is 0 Å². The van der Waals surface area contributed by atoms with Crippen molar-refractivity contribution in [3.63, 3.8) is 0 Å². The molecule has 4 aliphatic rings. The van der Waals surface area contributed by atoms with Crippen LogP contribution in [0.5, 0.6) is 0 Å². The van der Waals surface area contributed by atoms with Crippen molar-refractivity contribution in [2.24, 2.45) is 35.5 Å². The first-order valence-electron chi connectivity index (χ1n) is 27.2. The highest BCUT2D eigenvalue weighted by atomic mass is 16.6. The number of ketones is 2. The van der Waals surface area contributed by atoms with Crippen LogP contribution in [-0.2, 0) is 47.6 Å². The van der Waals surface area contributed by atoms with Gasteiger partial charge in [0.05, 0.1) is 44.4 Å². The summed E-state index contributed by atoms with van der Waals surface area (Å²) in [7, 11) is 0.211. The molecule has 3 aliphatic heterocycles. The second kappa shape index (κ2) is 27.3. The number of ether oxygens (including phenoxy) is 6. The number of allylic oxidation sites excluding steroid dienone is 6. The fourth-order valence-corrected chi connectivity index (χ4v) is 10.4. The third-order valence-corrected chi connectivity index (χ3v) is 14.8. The molecule has 0 aromatic rings. The maximum atomic E-state index is 14.5. The van der Waals surface area contributed by atoms with Crippen molar-refractivity contribution in [2.45, 2.75) is 180 Å². The molecule has 384 valence electrons. The maximum absolute atomic E-state index is 14.5. The van der Waals surface area contributed by atoms with Gasteiger partial charge in [-0.1, -0.05) is 77.7 Å². The van der Waals surface area contributed by atoms with Crippen molar-refractivity contribution in [2.75, 3.05) is 41.0 Å². The molecule has 0 unspecified atom stereocenters. The van der Waals surface area contributed by atoms with E-state index < -0.39 is 110 Å². The Morgan fingerprint density at radius 3 is 2.38 bits per heavy atom. The largest absolute Gasteiger partial charge is 0.460 e. The summed E-state index contributed by atoms with van der Waals surface area (Å²) in [6.07, 6.45) is 8.99. The molecule has 3 N–H and O–H groups in total. The van der Waals surface area contributed by atoms with Gasteiger partial charge in [0.2, 0.25) is 5.79 Å². The topological polar surface area (TPSA) is 188 Å². The molecule has 4 rings (SSSR count). The number of rotatable bonds is 9. The smallest absolute Gasteiger partial charge is 0.329 e. The molecular formula is C54H85NO13. The monoisotopic (exact) mass is 961 g/mol. The average molecular weight is 961 g/mol. The number of fused-ring (bicyclic) bond motifs is 3. The number of esters is 1. The summed E-state index contributed by atoms with van der Waals surface area (Å²) < 4.78 is 74.7. The number of carbonyl (C=O) groups excluding carboxylic acids is 4. The summed E-state index contributed by atoms with van der Waals surface area (Å²) in [6, 6.07) is -1.23. The zero-order valence-electron chi connectivity index (χ0n) is 47.0. The van der Waals surface area contributed by atoms with E-state index in [1.54, 1.807) is 52.0 Å². The van der Waals surface area contributed by atoms with Crippen LogP contribution in [0.4, 0.5) is 0 Å². The molecule has 0 aromatic carbocycles. The first-order chi connectivity index (χ1) is 34.1. The van der Waals surface area contributed by atoms with Crippen molar-refractivity contribution in [1.29, 1.82) is 0 Å². The summed E-state index contributed by atoms with van der Waals surface area (Å²) in [5.74, 6) is -8.12. The van der Waals surface area contributed by atoms with Gasteiger partial charge < -0.3 is 48.6 Å². The van der Waals surface area contributed by atoms with Gasteiger partial charge in [-0.3, -0.25) is 14.4 Å². The number of aliphatic hydroxyl groups excluding tert-OH is 2. The van der Waals surface area contributed by atoms with Gasteiger partial charge >= 0.3 is 5.97 Å². The Morgan fingerprint density at radius 2 is 1.69 bits per heavy atom. The minimum absolute atomic E-state index is 0.00646. The molecule has 1 amide bonds. The highest BCUT2D eigenvalue weighted by Gasteiger charge is 2.53. The lowest BCUT2D eigenvalue weighted by Gasteiger charge is -2.42. The molecular weight excluding hydrogens is 871 g/mol. The van der Waals surface area contributed by atoms with Crippen molar-refractivity contribution < 1.29 is 69.8 Å². The van der Waals surface area contributed by atoms with Gasteiger partial charge in [-0.05, 0) is 118 Å². The summed E-state index contributed by atoms with van der Waals surface area (Å²) >= 11 is 0. The Bertz CT molecular complexity index is 2010. The molecule has 0 aromatic heterocycles. The molecule has 68 heavy (non-hydrogen) atoms. The number of nitrogens with zero attached hydrogens (tertiary/aromatic N) is 1. The molecule has 0 spiro atoms. The Labute approximate surface area is 413 Å². The first-order valence-corrected chi connectivity index (χ1v) is 24.7. The van der Waals surface area contributed by atoms with Crippen molar-refractivity contribution >= 4 is 23.4 Å². The lowest BCUT2D eigenvalue weighted by atomic mass is 9.78. The molecule has 1 saturated carbocycles. The summed E-state index contributed by atoms with van der Waals surface area (Å²) in [5, 5.41) is 33.2. The van der Waals surface area contributed by atoms with E-state index >= 15 is 0 Å². The highest BCUT2D eigenvalue weighted by molar-refractivity contribution is 6.39. The second-order valence-corrected chi connectivity index (χ2v) is 20.0. The SMILES string of the molecule is [2H]C([2H])([2H])O[C@H]1C[C@@H]2CC[C@@H](C)[C@@](O)(O2)C(=O)C(=O)N2CCCC[C@H]2C(=O)O[C@H]([C@H](C)C[C@@H]2CC[C@@H](OC([2H])([2H])CO)[C@H](OC)C2)CC(=O)[C@H](C)/C=C(\C)[C@@H](O)[C@@H](OC)C(=C)[C@H](C)C[C@H](C)/C=C/C=C/C=C/1C. The van der Waals surface area contributed by atoms with Crippen LogP contribution in [0.15, 0.2) is 59.8 Å². The van der Waals surface area contributed by atoms with E-state index in [0.717, 1.165) is 4.90 Å². The fraction of sp³-hybridized carbons (Fsp3) is 0.741. The number of Topliss-reactive ketones (excluding diaryl/α,β-unsaturated/α-hetero) is 2. The third-order valence-electron chi connectivity index (χ3n) is 14.8. The van der Waals surface area contributed by atoms with Crippen LogP contribution in [0.2, 0.25) is 0 Å². The van der Waals surface area contributed by atoms with E-state index in [1.165, 1.54) is 14.2 Å². The van der Waals surface area contributed by atoms with Gasteiger partial charge in [0.25, 0.3) is 11.7 Å². The molecule has 1 aliphatic carbocycles. The molecule has 2 saturated heterocycles. The molecule has 3 fully saturated rings. The van der Waals surface area contributed by atoms with Gasteiger partial charge in [0.15, 0.2) is 0 Å². The van der Waals surface area contributed by atoms with Gasteiger partial charge in [-0.2, -0.15) is 0 Å². The minimum Gasteiger partial charge on any atom is -0.460 e. The number of amides is 1. The summed E-state index contributed by atoms with van der Waals surface area (Å²) in [5.41, 5.74) is 1.71. The predicted molar refractivity (Wildman–Crippen MR) is 260 cm³/mol. The molecule has 0 radical (unpaired) electrons. The van der Waals surface area contributed by atoms with Crippen LogP contribution in [0.1, 0.15) is 132 Å². The summed E-state index contributed by atoms with van der Waals surface area (Å²) in [6.45, 7) is 13.9. The minimum atomic E-state index is -2.79. The first kappa shape index (κ1) is 49.6.